The van der Waals surface area contributed by atoms with E-state index < -0.39 is 0 Å². The average Bonchev–Trinajstić information content (AvgIpc) is 3.24. The third-order valence-corrected chi connectivity index (χ3v) is 5.96. The Hall–Kier alpha value is -1.69. The van der Waals surface area contributed by atoms with Gasteiger partial charge in [-0.05, 0) is 37.8 Å². The first kappa shape index (κ1) is 14.9. The van der Waals surface area contributed by atoms with Crippen molar-refractivity contribution in [3.8, 4) is 0 Å². The summed E-state index contributed by atoms with van der Waals surface area (Å²) in [5.41, 5.74) is 0.949. The van der Waals surface area contributed by atoms with E-state index in [0.717, 1.165) is 54.3 Å². The zero-order valence-electron chi connectivity index (χ0n) is 13.2. The smallest absolute Gasteiger partial charge is 0.225 e. The quantitative estimate of drug-likeness (QED) is 0.940. The Morgan fingerprint density at radius 3 is 2.96 bits per heavy atom. The molecule has 0 radical (unpaired) electrons. The van der Waals surface area contributed by atoms with E-state index in [9.17, 15) is 4.79 Å². The van der Waals surface area contributed by atoms with E-state index in [1.54, 1.807) is 17.5 Å². The fourth-order valence-electron chi connectivity index (χ4n) is 3.65. The summed E-state index contributed by atoms with van der Waals surface area (Å²) in [5.74, 6) is 0.324. The van der Waals surface area contributed by atoms with Crippen molar-refractivity contribution in [3.63, 3.8) is 0 Å². The van der Waals surface area contributed by atoms with Gasteiger partial charge in [0.05, 0.1) is 5.92 Å². The second kappa shape index (κ2) is 6.43. The van der Waals surface area contributed by atoms with Gasteiger partial charge in [-0.3, -0.25) is 4.79 Å². The Bertz CT molecular complexity index is 662. The van der Waals surface area contributed by atoms with Gasteiger partial charge in [-0.25, -0.2) is 9.97 Å². The van der Waals surface area contributed by atoms with Crippen molar-refractivity contribution >= 4 is 32.7 Å². The highest BCUT2D eigenvalue weighted by molar-refractivity contribution is 7.21. The second-order valence-electron chi connectivity index (χ2n) is 6.60. The predicted molar refractivity (Wildman–Crippen MR) is 92.8 cm³/mol. The summed E-state index contributed by atoms with van der Waals surface area (Å²) < 4.78 is 0. The third kappa shape index (κ3) is 3.17. The Balaban J connectivity index is 1.44. The number of carbonyl (C=O) groups is 1. The summed E-state index contributed by atoms with van der Waals surface area (Å²) in [7, 11) is 0. The molecule has 1 saturated carbocycles. The number of amides is 1. The van der Waals surface area contributed by atoms with E-state index in [2.05, 4.69) is 20.2 Å². The van der Waals surface area contributed by atoms with Gasteiger partial charge in [-0.1, -0.05) is 24.2 Å². The molecule has 0 unspecified atom stereocenters. The molecule has 5 nitrogen and oxygen atoms in total. The van der Waals surface area contributed by atoms with Crippen LogP contribution >= 0.6 is 11.3 Å². The molecule has 2 aromatic heterocycles. The minimum Gasteiger partial charge on any atom is -0.353 e. The molecule has 2 aromatic rings. The van der Waals surface area contributed by atoms with Crippen LogP contribution in [0.5, 0.6) is 0 Å². The standard InChI is InChI=1S/C17H22N4OS/c22-15(19-13-6-1-2-7-13)12-5-4-10-21(11-12)17-20-14-8-3-9-18-16(14)23-17/h3,8-9,12-13H,1-2,4-7,10-11H2,(H,19,22)/t12-/m1/s1. The van der Waals surface area contributed by atoms with Gasteiger partial charge < -0.3 is 10.2 Å². The first-order valence-electron chi connectivity index (χ1n) is 8.56. The topological polar surface area (TPSA) is 58.1 Å². The molecule has 4 rings (SSSR count). The summed E-state index contributed by atoms with van der Waals surface area (Å²) in [5, 5.41) is 4.25. The highest BCUT2D eigenvalue weighted by Crippen LogP contribution is 2.30. The molecule has 1 N–H and O–H groups in total. The van der Waals surface area contributed by atoms with Gasteiger partial charge in [0.15, 0.2) is 5.13 Å². The maximum Gasteiger partial charge on any atom is 0.225 e. The summed E-state index contributed by atoms with van der Waals surface area (Å²) in [6, 6.07) is 4.32. The summed E-state index contributed by atoms with van der Waals surface area (Å²) in [6.45, 7) is 1.76. The number of hydrogen-bond acceptors (Lipinski definition) is 5. The Morgan fingerprint density at radius 1 is 1.26 bits per heavy atom. The summed E-state index contributed by atoms with van der Waals surface area (Å²) in [4.78, 5) is 24.8. The molecule has 122 valence electrons. The second-order valence-corrected chi connectivity index (χ2v) is 7.56. The number of nitrogens with zero attached hydrogens (tertiary/aromatic N) is 3. The van der Waals surface area contributed by atoms with Crippen LogP contribution in [-0.2, 0) is 4.79 Å². The number of aromatic nitrogens is 2. The molecule has 1 atom stereocenters. The summed E-state index contributed by atoms with van der Waals surface area (Å²) in [6.07, 6.45) is 8.63. The molecule has 1 aliphatic carbocycles. The highest BCUT2D eigenvalue weighted by atomic mass is 32.1. The number of carbonyl (C=O) groups excluding carboxylic acids is 1. The van der Waals surface area contributed by atoms with Gasteiger partial charge >= 0.3 is 0 Å². The lowest BCUT2D eigenvalue weighted by Crippen LogP contribution is -2.45. The molecule has 23 heavy (non-hydrogen) atoms. The van der Waals surface area contributed by atoms with E-state index in [1.165, 1.54) is 12.8 Å². The molecule has 1 aliphatic heterocycles. The van der Waals surface area contributed by atoms with Crippen LogP contribution in [-0.4, -0.2) is 35.0 Å². The Kier molecular flexibility index (Phi) is 4.16. The number of piperidine rings is 1. The molecule has 1 amide bonds. The summed E-state index contributed by atoms with van der Waals surface area (Å²) >= 11 is 1.62. The zero-order chi connectivity index (χ0) is 15.6. The van der Waals surface area contributed by atoms with Crippen LogP contribution in [0.3, 0.4) is 0 Å². The SMILES string of the molecule is O=C(NC1CCCC1)[C@@H]1CCCN(c2nc3cccnc3s2)C1. The number of fused-ring (bicyclic) bond motifs is 1. The van der Waals surface area contributed by atoms with Crippen molar-refractivity contribution in [2.24, 2.45) is 5.92 Å². The van der Waals surface area contributed by atoms with Crippen molar-refractivity contribution in [1.82, 2.24) is 15.3 Å². The van der Waals surface area contributed by atoms with Gasteiger partial charge in [0.1, 0.15) is 10.3 Å². The molecule has 1 saturated heterocycles. The molecule has 0 bridgehead atoms. The van der Waals surface area contributed by atoms with Crippen LogP contribution in [0.25, 0.3) is 10.3 Å². The molecule has 3 heterocycles. The van der Waals surface area contributed by atoms with Crippen LogP contribution < -0.4 is 10.2 Å². The lowest BCUT2D eigenvalue weighted by Gasteiger charge is -2.32. The minimum atomic E-state index is 0.0873. The fraction of sp³-hybridized carbons (Fsp3) is 0.588. The number of rotatable bonds is 3. The van der Waals surface area contributed by atoms with Crippen molar-refractivity contribution in [1.29, 1.82) is 0 Å². The molecule has 0 aromatic carbocycles. The molecule has 2 fully saturated rings. The van der Waals surface area contributed by atoms with E-state index in [1.807, 2.05) is 12.1 Å². The van der Waals surface area contributed by atoms with E-state index in [4.69, 9.17) is 0 Å². The van der Waals surface area contributed by atoms with Crippen molar-refractivity contribution < 1.29 is 4.79 Å². The van der Waals surface area contributed by atoms with Gasteiger partial charge in [-0.15, -0.1) is 0 Å². The monoisotopic (exact) mass is 330 g/mol. The van der Waals surface area contributed by atoms with Crippen LogP contribution in [0.1, 0.15) is 38.5 Å². The number of pyridine rings is 1. The number of anilines is 1. The fourth-order valence-corrected chi connectivity index (χ4v) is 4.59. The molecular weight excluding hydrogens is 308 g/mol. The lowest BCUT2D eigenvalue weighted by atomic mass is 9.97. The largest absolute Gasteiger partial charge is 0.353 e. The zero-order valence-corrected chi connectivity index (χ0v) is 14.0. The van der Waals surface area contributed by atoms with Crippen LogP contribution in [0.2, 0.25) is 0 Å². The first-order valence-corrected chi connectivity index (χ1v) is 9.38. The molecule has 2 aliphatic rings. The van der Waals surface area contributed by atoms with Gasteiger partial charge in [-0.2, -0.15) is 0 Å². The van der Waals surface area contributed by atoms with Crippen molar-refractivity contribution in [2.45, 2.75) is 44.6 Å². The third-order valence-electron chi connectivity index (χ3n) is 4.92. The van der Waals surface area contributed by atoms with E-state index in [0.29, 0.717) is 6.04 Å². The maximum absolute atomic E-state index is 12.5. The lowest BCUT2D eigenvalue weighted by molar-refractivity contribution is -0.125. The number of thiazole rings is 1. The van der Waals surface area contributed by atoms with Crippen molar-refractivity contribution in [3.05, 3.63) is 18.3 Å². The molecular formula is C17H22N4OS. The van der Waals surface area contributed by atoms with Gasteiger partial charge in [0, 0.05) is 25.3 Å². The van der Waals surface area contributed by atoms with E-state index in [-0.39, 0.29) is 11.8 Å². The average molecular weight is 330 g/mol. The maximum atomic E-state index is 12.5. The molecule has 6 heteroatoms. The van der Waals surface area contributed by atoms with Crippen LogP contribution in [0.15, 0.2) is 18.3 Å². The number of hydrogen-bond donors (Lipinski definition) is 1. The van der Waals surface area contributed by atoms with Crippen molar-refractivity contribution in [2.75, 3.05) is 18.0 Å². The Morgan fingerprint density at radius 2 is 2.13 bits per heavy atom. The minimum absolute atomic E-state index is 0.0873. The highest BCUT2D eigenvalue weighted by Gasteiger charge is 2.29. The van der Waals surface area contributed by atoms with Gasteiger partial charge in [0.25, 0.3) is 0 Å². The normalized spacial score (nSPS) is 22.6. The van der Waals surface area contributed by atoms with Crippen LogP contribution in [0, 0.1) is 5.92 Å². The van der Waals surface area contributed by atoms with E-state index >= 15 is 0 Å². The van der Waals surface area contributed by atoms with Crippen LogP contribution in [0.4, 0.5) is 5.13 Å². The predicted octanol–water partition coefficient (Wildman–Crippen LogP) is 2.97. The number of nitrogens with one attached hydrogen (secondary N) is 1. The Labute approximate surface area is 140 Å². The molecule has 0 spiro atoms. The first-order chi connectivity index (χ1) is 11.3. The van der Waals surface area contributed by atoms with Gasteiger partial charge in [0.2, 0.25) is 5.91 Å².